The number of hydrogen-bond donors (Lipinski definition) is 9. The number of thioether (sulfide) groups is 1. The van der Waals surface area contributed by atoms with Gasteiger partial charge in [-0.05, 0) is 63.3 Å². The molecule has 0 aliphatic carbocycles. The van der Waals surface area contributed by atoms with Crippen molar-refractivity contribution >= 4 is 70.5 Å². The van der Waals surface area contributed by atoms with E-state index in [0.717, 1.165) is 29.8 Å². The van der Waals surface area contributed by atoms with Gasteiger partial charge in [0.25, 0.3) is 17.7 Å². The molecule has 3 aliphatic rings. The first kappa shape index (κ1) is 55.3. The number of benzene rings is 1. The van der Waals surface area contributed by atoms with E-state index in [2.05, 4.69) is 33.5 Å². The summed E-state index contributed by atoms with van der Waals surface area (Å²) in [6, 6.07) is 3.12. The quantitative estimate of drug-likeness (QED) is 0.0293. The Hall–Kier alpha value is -4.31. The second-order valence-corrected chi connectivity index (χ2v) is 20.2. The van der Waals surface area contributed by atoms with Gasteiger partial charge in [-0.25, -0.2) is 4.79 Å². The number of unbranched alkanes of at least 4 members (excludes halogenated alkanes) is 2. The molecular weight excluding hydrogens is 908 g/mol. The summed E-state index contributed by atoms with van der Waals surface area (Å²) in [7, 11) is 2.03. The van der Waals surface area contributed by atoms with Crippen LogP contribution in [0.2, 0.25) is 0 Å². The number of amides is 8. The SMILES string of the molecule is CCC[C@@H]1C[C@@H](C(=O)NC([C@H](C)Cl)[C@H]2O[C@H](SC)[C@H](O)[C@@H](O)[C@H]2O)[N+](C)(Cc2ccc(NC(=O)[C@H](CCCNC(N)=O)NC(=O)[C@@H](NC(=O)CCCCCN3C(=O)C=CC3=O)C(C)C)cc2)C1. The first-order chi connectivity index (χ1) is 31.7. The van der Waals surface area contributed by atoms with Crippen molar-refractivity contribution in [2.45, 2.75) is 151 Å². The zero-order valence-electron chi connectivity index (χ0n) is 39.5. The predicted molar refractivity (Wildman–Crippen MR) is 254 cm³/mol. The van der Waals surface area contributed by atoms with Crippen molar-refractivity contribution < 1.29 is 58.1 Å². The molecule has 2 saturated heterocycles. The average molecular weight is 981 g/mol. The van der Waals surface area contributed by atoms with E-state index in [-0.39, 0.29) is 61.4 Å². The summed E-state index contributed by atoms with van der Waals surface area (Å²) in [5.41, 5.74) is 5.75. The summed E-state index contributed by atoms with van der Waals surface area (Å²) in [6.45, 7) is 8.94. The average Bonchev–Trinajstić information content (AvgIpc) is 3.77. The molecule has 0 spiro atoms. The number of carbonyl (C=O) groups excluding carboxylic acids is 7. The molecule has 374 valence electrons. The summed E-state index contributed by atoms with van der Waals surface area (Å²) >= 11 is 7.79. The molecule has 0 radical (unpaired) electrons. The second-order valence-electron chi connectivity index (χ2n) is 18.6. The van der Waals surface area contributed by atoms with E-state index in [1.807, 2.05) is 19.2 Å². The van der Waals surface area contributed by atoms with Crippen LogP contribution < -0.4 is 32.3 Å². The highest BCUT2D eigenvalue weighted by Crippen LogP contribution is 2.36. The summed E-state index contributed by atoms with van der Waals surface area (Å²) in [5.74, 6) is -2.48. The zero-order chi connectivity index (χ0) is 49.6. The van der Waals surface area contributed by atoms with E-state index in [0.29, 0.717) is 48.8 Å². The van der Waals surface area contributed by atoms with Crippen LogP contribution in [0, 0.1) is 11.8 Å². The Morgan fingerprint density at radius 2 is 1.60 bits per heavy atom. The topological polar surface area (TPSA) is 279 Å². The molecule has 0 saturated carbocycles. The van der Waals surface area contributed by atoms with Crippen molar-refractivity contribution in [2.24, 2.45) is 17.6 Å². The van der Waals surface area contributed by atoms with Gasteiger partial charge in [0.15, 0.2) is 6.04 Å². The highest BCUT2D eigenvalue weighted by Gasteiger charge is 2.51. The van der Waals surface area contributed by atoms with E-state index in [4.69, 9.17) is 22.1 Å². The molecular formula is C46H72ClN8O11S+. The number of likely N-dealkylation sites (tertiary alicyclic amines) is 1. The minimum absolute atomic E-state index is 0.117. The number of nitrogens with zero attached hydrogens (tertiary/aromatic N) is 2. The molecule has 3 heterocycles. The lowest BCUT2D eigenvalue weighted by Crippen LogP contribution is -2.66. The van der Waals surface area contributed by atoms with Gasteiger partial charge in [-0.3, -0.25) is 33.7 Å². The lowest BCUT2D eigenvalue weighted by atomic mass is 9.92. The summed E-state index contributed by atoms with van der Waals surface area (Å²) in [5, 5.41) is 45.3. The number of hydrogen-bond acceptors (Lipinski definition) is 12. The predicted octanol–water partition coefficient (Wildman–Crippen LogP) is 1.60. The molecule has 8 amide bonds. The Morgan fingerprint density at radius 3 is 2.19 bits per heavy atom. The number of carbonyl (C=O) groups is 7. The third kappa shape index (κ3) is 15.6. The highest BCUT2D eigenvalue weighted by atomic mass is 35.5. The molecule has 2 fully saturated rings. The van der Waals surface area contributed by atoms with E-state index in [1.165, 1.54) is 23.9 Å². The monoisotopic (exact) mass is 979 g/mol. The van der Waals surface area contributed by atoms with Crippen LogP contribution in [0.5, 0.6) is 0 Å². The Balaban J connectivity index is 1.40. The summed E-state index contributed by atoms with van der Waals surface area (Å²) in [4.78, 5) is 90.7. The molecule has 67 heavy (non-hydrogen) atoms. The van der Waals surface area contributed by atoms with Crippen molar-refractivity contribution in [1.82, 2.24) is 26.2 Å². The standard InChI is InChI=1S/C46H71ClN8O11S/c1-7-12-29-23-32(43(63)53-37(27(4)47)41-39(60)38(59)40(61)45(66-41)67-6)55(5,25-29)24-28-15-17-30(18-16-28)50-42(62)31(13-11-21-49-46(48)65)51-44(64)36(26(2)3)52-33(56)14-9-8-10-22-54-34(57)19-20-35(54)58/h15-20,26-27,29,31-32,36-41,45,59-61H,7-14,21-25H2,1-6H3,(H6-,48,49,50,51,52,53,56,62,63,64,65)/p+1/t27-,29+,31-,32-,36-,37?,38-,39+,40+,41+,45+,55?/m0/s1. The van der Waals surface area contributed by atoms with Crippen LogP contribution in [0.1, 0.15) is 91.0 Å². The molecule has 1 aromatic rings. The number of urea groups is 1. The van der Waals surface area contributed by atoms with Crippen molar-refractivity contribution in [3.05, 3.63) is 42.0 Å². The number of aliphatic hydroxyl groups excluding tert-OH is 3. The number of aliphatic hydroxyl groups is 3. The van der Waals surface area contributed by atoms with Gasteiger partial charge in [0.2, 0.25) is 17.7 Å². The van der Waals surface area contributed by atoms with E-state index in [1.54, 1.807) is 39.2 Å². The molecule has 1 aromatic carbocycles. The fraction of sp³-hybridized carbons (Fsp3) is 0.674. The second kappa shape index (κ2) is 25.9. The van der Waals surface area contributed by atoms with Crippen molar-refractivity contribution in [2.75, 3.05) is 38.3 Å². The fourth-order valence-corrected chi connectivity index (χ4v) is 10.1. The van der Waals surface area contributed by atoms with Gasteiger partial charge in [-0.15, -0.1) is 23.4 Å². The maximum Gasteiger partial charge on any atom is 0.312 e. The number of nitrogens with two attached hydrogens (primary N) is 1. The van der Waals surface area contributed by atoms with Gasteiger partial charge in [0.05, 0.1) is 25.0 Å². The molecule has 0 aromatic heterocycles. The van der Waals surface area contributed by atoms with Crippen LogP contribution in [0.4, 0.5) is 10.5 Å². The Labute approximate surface area is 402 Å². The number of halogens is 1. The molecule has 0 bridgehead atoms. The number of quaternary nitrogens is 1. The lowest BCUT2D eigenvalue weighted by molar-refractivity contribution is -0.926. The van der Waals surface area contributed by atoms with Crippen molar-refractivity contribution in [3.63, 3.8) is 0 Å². The number of primary amides is 1. The van der Waals surface area contributed by atoms with Gasteiger partial charge in [0, 0.05) is 55.3 Å². The van der Waals surface area contributed by atoms with Crippen LogP contribution in [0.25, 0.3) is 0 Å². The summed E-state index contributed by atoms with van der Waals surface area (Å²) in [6.07, 6.45) is 3.42. The third-order valence-corrected chi connectivity index (χ3v) is 13.9. The zero-order valence-corrected chi connectivity index (χ0v) is 41.0. The number of nitrogens with one attached hydrogen (secondary N) is 5. The van der Waals surface area contributed by atoms with Crippen LogP contribution >= 0.6 is 23.4 Å². The largest absolute Gasteiger partial charge is 0.388 e. The Kier molecular flexibility index (Phi) is 21.4. The molecule has 4 rings (SSSR count). The first-order valence-electron chi connectivity index (χ1n) is 23.3. The van der Waals surface area contributed by atoms with Crippen LogP contribution in [-0.2, 0) is 40.0 Å². The van der Waals surface area contributed by atoms with Crippen LogP contribution in [-0.4, -0.2) is 159 Å². The maximum absolute atomic E-state index is 14.3. The molecule has 19 nitrogen and oxygen atoms in total. The van der Waals surface area contributed by atoms with Gasteiger partial charge in [-0.2, -0.15) is 0 Å². The van der Waals surface area contributed by atoms with E-state index >= 15 is 0 Å². The number of imide groups is 1. The third-order valence-electron chi connectivity index (χ3n) is 12.8. The molecule has 12 atom stereocenters. The minimum Gasteiger partial charge on any atom is -0.388 e. The number of ether oxygens (including phenoxy) is 1. The molecule has 3 aliphatic heterocycles. The normalized spacial score (nSPS) is 26.7. The molecule has 10 N–H and O–H groups in total. The number of alkyl halides is 1. The molecule has 21 heteroatoms. The first-order valence-corrected chi connectivity index (χ1v) is 25.0. The Bertz CT molecular complexity index is 1890. The van der Waals surface area contributed by atoms with Crippen molar-refractivity contribution in [3.8, 4) is 0 Å². The van der Waals surface area contributed by atoms with Crippen LogP contribution in [0.15, 0.2) is 36.4 Å². The smallest absolute Gasteiger partial charge is 0.312 e. The van der Waals surface area contributed by atoms with Crippen molar-refractivity contribution in [1.29, 1.82) is 0 Å². The number of likely N-dealkylation sites (N-methyl/N-ethyl adjacent to an activating group) is 1. The summed E-state index contributed by atoms with van der Waals surface area (Å²) < 4.78 is 6.37. The van der Waals surface area contributed by atoms with Gasteiger partial charge in [-0.1, -0.05) is 45.7 Å². The van der Waals surface area contributed by atoms with Gasteiger partial charge in [0.1, 0.15) is 48.5 Å². The van der Waals surface area contributed by atoms with Gasteiger partial charge < -0.3 is 56.9 Å². The van der Waals surface area contributed by atoms with Crippen LogP contribution in [0.3, 0.4) is 0 Å². The van der Waals surface area contributed by atoms with E-state index < -0.39 is 77.2 Å². The molecule has 2 unspecified atom stereocenters. The minimum atomic E-state index is -1.49. The number of rotatable bonds is 25. The number of anilines is 1. The highest BCUT2D eigenvalue weighted by molar-refractivity contribution is 7.99. The van der Waals surface area contributed by atoms with E-state index in [9.17, 15) is 48.9 Å². The lowest BCUT2D eigenvalue weighted by Gasteiger charge is -2.44. The Morgan fingerprint density at radius 1 is 0.925 bits per heavy atom. The fourth-order valence-electron chi connectivity index (χ4n) is 9.18. The van der Waals surface area contributed by atoms with Gasteiger partial charge >= 0.3 is 6.03 Å². The maximum atomic E-state index is 14.3.